The molecule has 3 heterocycles. The van der Waals surface area contributed by atoms with E-state index >= 15 is 0 Å². The standard InChI is InChI=1S/C46H27N3OS/c1-2-13-28(14-3-1)43-47-44(29-25-26-33-32-17-6-11-24-40(32)51-41(33)27-29)49-45(48-43)34-18-12-22-38-42(34)50-39-23-10-9-21-37(39)46(38)35-19-7-4-15-30(35)31-16-5-8-20-36(31)46/h1-27H. The number of hydrogen-bond acceptors (Lipinski definition) is 5. The van der Waals surface area contributed by atoms with Gasteiger partial charge < -0.3 is 4.74 Å². The van der Waals surface area contributed by atoms with E-state index in [9.17, 15) is 0 Å². The van der Waals surface area contributed by atoms with Crippen molar-refractivity contribution in [2.75, 3.05) is 0 Å². The summed E-state index contributed by atoms with van der Waals surface area (Å²) < 4.78 is 9.43. The van der Waals surface area contributed by atoms with E-state index in [1.807, 2.05) is 36.4 Å². The fourth-order valence-electron chi connectivity index (χ4n) is 8.26. The zero-order chi connectivity index (χ0) is 33.5. The topological polar surface area (TPSA) is 47.9 Å². The Bertz CT molecular complexity index is 2810. The molecule has 4 nitrogen and oxygen atoms in total. The van der Waals surface area contributed by atoms with Crippen LogP contribution < -0.4 is 4.74 Å². The molecule has 0 bridgehead atoms. The van der Waals surface area contributed by atoms with E-state index in [0.717, 1.165) is 39.3 Å². The molecule has 7 aromatic carbocycles. The Balaban J connectivity index is 1.17. The summed E-state index contributed by atoms with van der Waals surface area (Å²) in [4.78, 5) is 15.5. The molecule has 238 valence electrons. The Hall–Kier alpha value is -6.43. The van der Waals surface area contributed by atoms with Crippen LogP contribution >= 0.6 is 11.3 Å². The van der Waals surface area contributed by atoms with E-state index in [0.29, 0.717) is 17.5 Å². The van der Waals surface area contributed by atoms with Crippen LogP contribution in [-0.4, -0.2) is 15.0 Å². The van der Waals surface area contributed by atoms with Gasteiger partial charge in [-0.2, -0.15) is 0 Å². The van der Waals surface area contributed by atoms with Gasteiger partial charge in [0.2, 0.25) is 0 Å². The van der Waals surface area contributed by atoms with Crippen molar-refractivity contribution in [1.29, 1.82) is 0 Å². The van der Waals surface area contributed by atoms with Crippen LogP contribution in [0.2, 0.25) is 0 Å². The lowest BCUT2D eigenvalue weighted by Crippen LogP contribution is -2.32. The van der Waals surface area contributed by atoms with Crippen molar-refractivity contribution in [3.63, 3.8) is 0 Å². The molecule has 0 N–H and O–H groups in total. The maximum Gasteiger partial charge on any atom is 0.167 e. The van der Waals surface area contributed by atoms with Gasteiger partial charge in [0.1, 0.15) is 11.5 Å². The first-order chi connectivity index (χ1) is 25.3. The molecular formula is C46H27N3OS. The zero-order valence-electron chi connectivity index (χ0n) is 27.2. The SMILES string of the molecule is c1ccc(-c2nc(-c3ccc4c(c3)sc3ccccc34)nc(-c3cccc4c3Oc3ccccc3C43c4ccccc4-c4ccccc43)n2)cc1. The van der Waals surface area contributed by atoms with Gasteiger partial charge in [0, 0.05) is 42.4 Å². The lowest BCUT2D eigenvalue weighted by molar-refractivity contribution is 0.437. The largest absolute Gasteiger partial charge is 0.456 e. The number of benzene rings is 7. The Morgan fingerprint density at radius 1 is 0.412 bits per heavy atom. The lowest BCUT2D eigenvalue weighted by atomic mass is 9.66. The molecule has 51 heavy (non-hydrogen) atoms. The van der Waals surface area contributed by atoms with Gasteiger partial charge in [-0.1, -0.05) is 140 Å². The molecule has 0 amide bonds. The highest BCUT2D eigenvalue weighted by Gasteiger charge is 2.51. The van der Waals surface area contributed by atoms with Gasteiger partial charge in [-0.15, -0.1) is 11.3 Å². The minimum Gasteiger partial charge on any atom is -0.456 e. The van der Waals surface area contributed by atoms with Crippen LogP contribution in [0.5, 0.6) is 11.5 Å². The maximum absolute atomic E-state index is 6.96. The third kappa shape index (κ3) is 4.04. The summed E-state index contributed by atoms with van der Waals surface area (Å²) in [5.41, 5.74) is 9.31. The lowest BCUT2D eigenvalue weighted by Gasteiger charge is -2.39. The van der Waals surface area contributed by atoms with Crippen molar-refractivity contribution in [3.8, 4) is 56.8 Å². The minimum absolute atomic E-state index is 0.571. The molecule has 1 spiro atoms. The number of fused-ring (bicyclic) bond motifs is 12. The first kappa shape index (κ1) is 28.4. The summed E-state index contributed by atoms with van der Waals surface area (Å²) in [5.74, 6) is 3.40. The molecule has 2 aromatic heterocycles. The van der Waals surface area contributed by atoms with E-state index < -0.39 is 5.41 Å². The highest BCUT2D eigenvalue weighted by Crippen LogP contribution is 2.63. The van der Waals surface area contributed by atoms with Crippen molar-refractivity contribution in [2.24, 2.45) is 0 Å². The molecule has 1 aliphatic heterocycles. The molecule has 1 aliphatic carbocycles. The van der Waals surface area contributed by atoms with Crippen molar-refractivity contribution < 1.29 is 4.74 Å². The van der Waals surface area contributed by atoms with Crippen LogP contribution in [0.25, 0.3) is 65.5 Å². The summed E-state index contributed by atoms with van der Waals surface area (Å²) in [6.07, 6.45) is 0. The van der Waals surface area contributed by atoms with Crippen molar-refractivity contribution in [1.82, 2.24) is 15.0 Å². The molecule has 0 unspecified atom stereocenters. The van der Waals surface area contributed by atoms with Crippen molar-refractivity contribution in [3.05, 3.63) is 186 Å². The molecule has 0 radical (unpaired) electrons. The van der Waals surface area contributed by atoms with Crippen LogP contribution in [0.4, 0.5) is 0 Å². The molecule has 5 heteroatoms. The van der Waals surface area contributed by atoms with E-state index in [1.165, 1.54) is 42.4 Å². The van der Waals surface area contributed by atoms with Crippen LogP contribution in [0, 0.1) is 0 Å². The second kappa shape index (κ2) is 10.8. The van der Waals surface area contributed by atoms with Gasteiger partial charge in [0.15, 0.2) is 17.5 Å². The molecule has 2 aliphatic rings. The smallest absolute Gasteiger partial charge is 0.167 e. The quantitative estimate of drug-likeness (QED) is 0.188. The number of thiophene rings is 1. The summed E-state index contributed by atoms with van der Waals surface area (Å²) in [7, 11) is 0. The Kier molecular flexibility index (Phi) is 6.01. The van der Waals surface area contributed by atoms with Crippen LogP contribution in [0.3, 0.4) is 0 Å². The van der Waals surface area contributed by atoms with Gasteiger partial charge >= 0.3 is 0 Å². The van der Waals surface area contributed by atoms with Crippen molar-refractivity contribution in [2.45, 2.75) is 5.41 Å². The second-order valence-corrected chi connectivity index (χ2v) is 14.2. The van der Waals surface area contributed by atoms with Gasteiger partial charge in [-0.25, -0.2) is 15.0 Å². The molecule has 11 rings (SSSR count). The van der Waals surface area contributed by atoms with Gasteiger partial charge in [0.25, 0.3) is 0 Å². The number of para-hydroxylation sites is 2. The van der Waals surface area contributed by atoms with Crippen LogP contribution in [0.1, 0.15) is 22.3 Å². The predicted octanol–water partition coefficient (Wildman–Crippen LogP) is 11.7. The van der Waals surface area contributed by atoms with E-state index in [4.69, 9.17) is 19.7 Å². The van der Waals surface area contributed by atoms with Gasteiger partial charge in [0.05, 0.1) is 11.0 Å². The third-order valence-electron chi connectivity index (χ3n) is 10.4. The number of hydrogen-bond donors (Lipinski definition) is 0. The molecule has 0 fully saturated rings. The van der Waals surface area contributed by atoms with Crippen LogP contribution in [0.15, 0.2) is 164 Å². The molecule has 0 atom stereocenters. The van der Waals surface area contributed by atoms with E-state index in [-0.39, 0.29) is 0 Å². The minimum atomic E-state index is -0.572. The predicted molar refractivity (Wildman–Crippen MR) is 206 cm³/mol. The van der Waals surface area contributed by atoms with Gasteiger partial charge in [-0.3, -0.25) is 0 Å². The number of rotatable bonds is 3. The van der Waals surface area contributed by atoms with E-state index in [2.05, 4.69) is 127 Å². The second-order valence-electron chi connectivity index (χ2n) is 13.1. The first-order valence-electron chi connectivity index (χ1n) is 17.1. The van der Waals surface area contributed by atoms with Crippen LogP contribution in [-0.2, 0) is 5.41 Å². The summed E-state index contributed by atoms with van der Waals surface area (Å²) in [6, 6.07) is 57.7. The molecular weight excluding hydrogens is 643 g/mol. The highest BCUT2D eigenvalue weighted by atomic mass is 32.1. The average molecular weight is 670 g/mol. The monoisotopic (exact) mass is 669 g/mol. The summed E-state index contributed by atoms with van der Waals surface area (Å²) >= 11 is 1.79. The third-order valence-corrected chi connectivity index (χ3v) is 11.6. The number of aromatic nitrogens is 3. The first-order valence-corrected chi connectivity index (χ1v) is 17.9. The summed E-state index contributed by atoms with van der Waals surface area (Å²) in [6.45, 7) is 0. The molecule has 0 saturated heterocycles. The highest BCUT2D eigenvalue weighted by molar-refractivity contribution is 7.25. The normalized spacial score (nSPS) is 13.4. The zero-order valence-corrected chi connectivity index (χ0v) is 28.1. The Morgan fingerprint density at radius 3 is 1.80 bits per heavy atom. The Labute approximate surface area is 298 Å². The fraction of sp³-hybridized carbons (Fsp3) is 0.0217. The Morgan fingerprint density at radius 2 is 1.00 bits per heavy atom. The number of ether oxygens (including phenoxy) is 1. The maximum atomic E-state index is 6.96. The number of nitrogens with zero attached hydrogens (tertiary/aromatic N) is 3. The molecule has 0 saturated carbocycles. The molecule has 9 aromatic rings. The average Bonchev–Trinajstić information content (AvgIpc) is 3.72. The summed E-state index contributed by atoms with van der Waals surface area (Å²) in [5, 5.41) is 2.51. The fourth-order valence-corrected chi connectivity index (χ4v) is 9.41. The van der Waals surface area contributed by atoms with Crippen molar-refractivity contribution >= 4 is 31.5 Å². The van der Waals surface area contributed by atoms with E-state index in [1.54, 1.807) is 11.3 Å². The van der Waals surface area contributed by atoms with Gasteiger partial charge in [-0.05, 0) is 46.5 Å².